The first-order valence-electron chi connectivity index (χ1n) is 11.5. The van der Waals surface area contributed by atoms with Gasteiger partial charge in [-0.15, -0.1) is 22.7 Å². The predicted molar refractivity (Wildman–Crippen MR) is 144 cm³/mol. The summed E-state index contributed by atoms with van der Waals surface area (Å²) < 4.78 is 23.5. The maximum atomic E-state index is 6.07. The van der Waals surface area contributed by atoms with Gasteiger partial charge < -0.3 is 18.9 Å². The molecule has 0 saturated carbocycles. The molecule has 0 aliphatic carbocycles. The average Bonchev–Trinajstić information content (AvgIpc) is 3.51. The Kier molecular flexibility index (Phi) is 7.63. The third-order valence-electron chi connectivity index (χ3n) is 5.99. The van der Waals surface area contributed by atoms with Crippen molar-refractivity contribution in [3.63, 3.8) is 0 Å². The van der Waals surface area contributed by atoms with Gasteiger partial charge in [0.15, 0.2) is 0 Å². The van der Waals surface area contributed by atoms with E-state index < -0.39 is 0 Å². The van der Waals surface area contributed by atoms with Crippen LogP contribution in [0.3, 0.4) is 0 Å². The van der Waals surface area contributed by atoms with Gasteiger partial charge in [-0.1, -0.05) is 0 Å². The molecule has 4 aromatic rings. The highest BCUT2D eigenvalue weighted by molar-refractivity contribution is 7.14. The number of rotatable bonds is 10. The van der Waals surface area contributed by atoms with Crippen molar-refractivity contribution in [2.24, 2.45) is 0 Å². The van der Waals surface area contributed by atoms with Crippen molar-refractivity contribution in [2.75, 3.05) is 27.4 Å². The second kappa shape index (κ2) is 10.5. The van der Waals surface area contributed by atoms with Crippen molar-refractivity contribution in [2.45, 2.75) is 39.9 Å². The zero-order valence-electron chi connectivity index (χ0n) is 20.7. The number of thiophene rings is 2. The van der Waals surface area contributed by atoms with E-state index in [4.69, 9.17) is 18.9 Å². The predicted octanol–water partition coefficient (Wildman–Crippen LogP) is 8.12. The molecule has 0 radical (unpaired) electrons. The maximum absolute atomic E-state index is 6.07. The summed E-state index contributed by atoms with van der Waals surface area (Å²) in [4.78, 5) is 2.34. The van der Waals surface area contributed by atoms with E-state index in [9.17, 15) is 0 Å². The lowest BCUT2D eigenvalue weighted by atomic mass is 9.94. The van der Waals surface area contributed by atoms with E-state index >= 15 is 0 Å². The molecule has 0 fully saturated rings. The molecule has 0 saturated heterocycles. The Morgan fingerprint density at radius 2 is 1.35 bits per heavy atom. The van der Waals surface area contributed by atoms with Crippen molar-refractivity contribution in [3.05, 3.63) is 58.3 Å². The van der Waals surface area contributed by atoms with Gasteiger partial charge in [0.1, 0.15) is 11.5 Å². The van der Waals surface area contributed by atoms with Crippen LogP contribution in [0.4, 0.5) is 0 Å². The summed E-state index contributed by atoms with van der Waals surface area (Å²) in [5.74, 6) is 1.70. The van der Waals surface area contributed by atoms with Crippen molar-refractivity contribution in [1.29, 1.82) is 0 Å². The van der Waals surface area contributed by atoms with Crippen LogP contribution in [0.15, 0.2) is 47.2 Å². The molecule has 2 heterocycles. The number of ether oxygens (including phenoxy) is 4. The molecule has 0 unspecified atom stereocenters. The number of fused-ring (bicyclic) bond motifs is 1. The normalized spacial score (nSPS) is 11.8. The molecule has 34 heavy (non-hydrogen) atoms. The van der Waals surface area contributed by atoms with Gasteiger partial charge in [-0.3, -0.25) is 0 Å². The topological polar surface area (TPSA) is 36.9 Å². The van der Waals surface area contributed by atoms with Crippen LogP contribution in [-0.4, -0.2) is 27.4 Å². The molecular weight excluding hydrogens is 464 g/mol. The third kappa shape index (κ3) is 4.73. The minimum Gasteiger partial charge on any atom is -0.496 e. The Balaban J connectivity index is 1.86. The van der Waals surface area contributed by atoms with Gasteiger partial charge in [0, 0.05) is 39.7 Å². The first-order chi connectivity index (χ1) is 16.4. The quantitative estimate of drug-likeness (QED) is 0.222. The monoisotopic (exact) mass is 496 g/mol. The lowest BCUT2D eigenvalue weighted by Gasteiger charge is -2.26. The van der Waals surface area contributed by atoms with Gasteiger partial charge in [0.05, 0.1) is 26.4 Å². The summed E-state index contributed by atoms with van der Waals surface area (Å²) in [7, 11) is 3.46. The summed E-state index contributed by atoms with van der Waals surface area (Å²) in [6, 6.07) is 12.9. The van der Waals surface area contributed by atoms with Crippen molar-refractivity contribution in [1.82, 2.24) is 0 Å². The van der Waals surface area contributed by atoms with Crippen molar-refractivity contribution in [3.8, 4) is 32.4 Å². The van der Waals surface area contributed by atoms with Crippen LogP contribution in [0, 0.1) is 0 Å². The highest BCUT2D eigenvalue weighted by atomic mass is 32.1. The van der Waals surface area contributed by atoms with Gasteiger partial charge in [-0.25, -0.2) is 0 Å². The molecule has 2 aromatic heterocycles. The Bertz CT molecular complexity index is 1270. The Morgan fingerprint density at radius 1 is 0.765 bits per heavy atom. The molecule has 4 nitrogen and oxygen atoms in total. The van der Waals surface area contributed by atoms with Crippen LogP contribution in [0.5, 0.6) is 11.5 Å². The maximum Gasteiger partial charge on any atom is 0.128 e. The minimum absolute atomic E-state index is 0.387. The molecule has 0 N–H and O–H groups in total. The largest absolute Gasteiger partial charge is 0.496 e. The fourth-order valence-corrected chi connectivity index (χ4v) is 6.33. The number of benzene rings is 2. The third-order valence-corrected chi connectivity index (χ3v) is 7.93. The van der Waals surface area contributed by atoms with Crippen LogP contribution < -0.4 is 9.47 Å². The molecule has 0 bridgehead atoms. The Morgan fingerprint density at radius 3 is 1.94 bits per heavy atom. The fourth-order valence-electron chi connectivity index (χ4n) is 4.33. The Labute approximate surface area is 210 Å². The number of hydrogen-bond donors (Lipinski definition) is 0. The molecular formula is C28H32O4S2. The van der Waals surface area contributed by atoms with E-state index in [0.717, 1.165) is 38.3 Å². The van der Waals surface area contributed by atoms with Gasteiger partial charge >= 0.3 is 0 Å². The SMILES string of the molecule is CCOCc1ccsc1-c1cc2cc(OC)c(-c3sccc3C(C)(C)OCC)cc2cc1OC. The van der Waals surface area contributed by atoms with E-state index in [0.29, 0.717) is 19.8 Å². The summed E-state index contributed by atoms with van der Waals surface area (Å²) in [6.07, 6.45) is 0. The summed E-state index contributed by atoms with van der Waals surface area (Å²) in [5.41, 5.74) is 4.09. The zero-order valence-corrected chi connectivity index (χ0v) is 22.3. The number of hydrogen-bond acceptors (Lipinski definition) is 6. The van der Waals surface area contributed by atoms with Crippen molar-refractivity contribution < 1.29 is 18.9 Å². The van der Waals surface area contributed by atoms with E-state index in [-0.39, 0.29) is 5.60 Å². The molecule has 0 spiro atoms. The van der Waals surface area contributed by atoms with Crippen LogP contribution >= 0.6 is 22.7 Å². The van der Waals surface area contributed by atoms with Crippen LogP contribution in [0.2, 0.25) is 0 Å². The molecule has 0 aliphatic heterocycles. The first kappa shape index (κ1) is 24.7. The van der Waals surface area contributed by atoms with E-state index in [2.05, 4.69) is 61.0 Å². The van der Waals surface area contributed by atoms with Crippen molar-refractivity contribution >= 4 is 33.4 Å². The van der Waals surface area contributed by atoms with E-state index in [1.807, 2.05) is 13.8 Å². The van der Waals surface area contributed by atoms with E-state index in [1.54, 1.807) is 36.9 Å². The highest BCUT2D eigenvalue weighted by Crippen LogP contribution is 2.45. The minimum atomic E-state index is -0.387. The van der Waals surface area contributed by atoms with Gasteiger partial charge in [-0.05, 0) is 91.2 Å². The summed E-state index contributed by atoms with van der Waals surface area (Å²) in [6.45, 7) is 10.2. The zero-order chi connectivity index (χ0) is 24.3. The van der Waals surface area contributed by atoms with Gasteiger partial charge in [0.2, 0.25) is 0 Å². The second-order valence-corrected chi connectivity index (χ2v) is 10.3. The smallest absolute Gasteiger partial charge is 0.128 e. The molecule has 4 rings (SSSR count). The lowest BCUT2D eigenvalue weighted by molar-refractivity contribution is -0.0133. The van der Waals surface area contributed by atoms with Gasteiger partial charge in [0.25, 0.3) is 0 Å². The van der Waals surface area contributed by atoms with Crippen LogP contribution in [0.1, 0.15) is 38.8 Å². The second-order valence-electron chi connectivity index (χ2n) is 8.47. The highest BCUT2D eigenvalue weighted by Gasteiger charge is 2.27. The molecule has 0 amide bonds. The first-order valence-corrected chi connectivity index (χ1v) is 13.3. The number of methoxy groups -OCH3 is 2. The molecule has 180 valence electrons. The van der Waals surface area contributed by atoms with Crippen LogP contribution in [-0.2, 0) is 21.7 Å². The summed E-state index contributed by atoms with van der Waals surface area (Å²) in [5, 5.41) is 6.44. The van der Waals surface area contributed by atoms with Crippen LogP contribution in [0.25, 0.3) is 31.7 Å². The van der Waals surface area contributed by atoms with Gasteiger partial charge in [-0.2, -0.15) is 0 Å². The van der Waals surface area contributed by atoms with E-state index in [1.165, 1.54) is 16.0 Å². The molecule has 0 atom stereocenters. The Hall–Kier alpha value is -2.38. The lowest BCUT2D eigenvalue weighted by Crippen LogP contribution is -2.21. The summed E-state index contributed by atoms with van der Waals surface area (Å²) >= 11 is 3.42. The molecule has 6 heteroatoms. The standard InChI is InChI=1S/C28H32O4S2/c1-7-31-17-18-9-11-33-26(18)21-13-19-16-25(30-6)22(14-20(19)15-24(21)29-5)27-23(10-12-34-27)28(3,4)32-8-2/h9-16H,7-8,17H2,1-6H3. The molecule has 2 aromatic carbocycles. The average molecular weight is 497 g/mol. The molecule has 0 aliphatic rings. The fraction of sp³-hybridized carbons (Fsp3) is 0.357.